The van der Waals surface area contributed by atoms with Gasteiger partial charge in [-0.25, -0.2) is 18.8 Å². The molecule has 9 heteroatoms. The predicted molar refractivity (Wildman–Crippen MR) is 85.0 cm³/mol. The summed E-state index contributed by atoms with van der Waals surface area (Å²) in [5.74, 6) is 0.621. The summed E-state index contributed by atoms with van der Waals surface area (Å²) in [6, 6.07) is 4.95. The highest BCUT2D eigenvalue weighted by Crippen LogP contribution is 2.13. The molecule has 1 unspecified atom stereocenters. The van der Waals surface area contributed by atoms with Gasteiger partial charge in [0.05, 0.1) is 12.0 Å². The Morgan fingerprint density at radius 2 is 1.74 bits per heavy atom. The van der Waals surface area contributed by atoms with E-state index in [4.69, 9.17) is 4.74 Å². The van der Waals surface area contributed by atoms with Crippen molar-refractivity contribution < 1.29 is 18.5 Å². The molecule has 1 aromatic rings. The Balaban J connectivity index is 1.78. The second-order valence-corrected chi connectivity index (χ2v) is 6.20. The van der Waals surface area contributed by atoms with Crippen LogP contribution in [0.2, 0.25) is 0 Å². The van der Waals surface area contributed by atoms with Gasteiger partial charge in [0, 0.05) is 13.1 Å². The number of methoxy groups -OCH3 is 1. The van der Waals surface area contributed by atoms with E-state index in [0.717, 1.165) is 32.4 Å². The van der Waals surface area contributed by atoms with E-state index in [0.29, 0.717) is 10.6 Å². The summed E-state index contributed by atoms with van der Waals surface area (Å²) >= 11 is 0. The molecule has 3 N–H and O–H groups in total. The lowest BCUT2D eigenvalue weighted by atomic mass is 10.2. The van der Waals surface area contributed by atoms with Gasteiger partial charge in [-0.05, 0) is 37.1 Å². The highest BCUT2D eigenvalue weighted by Gasteiger charge is 2.15. The van der Waals surface area contributed by atoms with Gasteiger partial charge in [0.2, 0.25) is 0 Å². The average molecular weight is 340 g/mol. The molecule has 1 aliphatic heterocycles. The number of nitrogens with zero attached hydrogens (tertiary/aromatic N) is 1. The van der Waals surface area contributed by atoms with Crippen LogP contribution in [0.5, 0.6) is 5.75 Å². The first kappa shape index (κ1) is 17.2. The van der Waals surface area contributed by atoms with Crippen LogP contribution in [-0.4, -0.2) is 41.5 Å². The number of piperidine rings is 1. The van der Waals surface area contributed by atoms with Crippen LogP contribution in [0, 0.1) is 0 Å². The van der Waals surface area contributed by atoms with Crippen LogP contribution in [0.1, 0.15) is 19.3 Å². The Morgan fingerprint density at radius 1 is 1.09 bits per heavy atom. The summed E-state index contributed by atoms with van der Waals surface area (Å²) in [5, 5.41) is 3.85. The van der Waals surface area contributed by atoms with Crippen molar-refractivity contribution in [2.75, 3.05) is 20.2 Å². The number of carbonyl (C=O) groups excluding carboxylic acids is 2. The number of benzene rings is 1. The molecule has 2 rings (SSSR count). The Labute approximate surface area is 137 Å². The molecule has 1 fully saturated rings. The van der Waals surface area contributed by atoms with E-state index in [1.165, 1.54) is 7.11 Å². The number of ether oxygens (including phenoxy) is 1. The maximum atomic E-state index is 12.0. The molecule has 0 bridgehead atoms. The second kappa shape index (κ2) is 8.49. The van der Waals surface area contributed by atoms with E-state index in [2.05, 4.69) is 15.5 Å². The van der Waals surface area contributed by atoms with Crippen LogP contribution in [0.25, 0.3) is 0 Å². The Hall–Kier alpha value is -2.13. The lowest BCUT2D eigenvalue weighted by Gasteiger charge is -2.26. The number of rotatable bonds is 4. The molecule has 0 saturated carbocycles. The minimum absolute atomic E-state index is 0.400. The lowest BCUT2D eigenvalue weighted by molar-refractivity contribution is 0.155. The van der Waals surface area contributed by atoms with Gasteiger partial charge in [-0.1, -0.05) is 6.42 Å². The van der Waals surface area contributed by atoms with Crippen LogP contribution < -0.4 is 20.2 Å². The molecule has 126 valence electrons. The summed E-state index contributed by atoms with van der Waals surface area (Å²) in [6.45, 7) is 1.51. The number of urea groups is 2. The predicted octanol–water partition coefficient (Wildman–Crippen LogP) is 1.13. The van der Waals surface area contributed by atoms with Crippen molar-refractivity contribution in [3.05, 3.63) is 24.3 Å². The number of carbonyl (C=O) groups is 2. The fourth-order valence-corrected chi connectivity index (χ4v) is 2.87. The minimum Gasteiger partial charge on any atom is -0.497 e. The SMILES string of the molecule is COc1ccc(S(=O)NC(=O)NC(=O)NN2CCCCC2)cc1. The number of hydrogen-bond acceptors (Lipinski definition) is 5. The van der Waals surface area contributed by atoms with Crippen LogP contribution >= 0.6 is 0 Å². The average Bonchev–Trinajstić information content (AvgIpc) is 2.55. The van der Waals surface area contributed by atoms with Gasteiger partial charge in [-0.2, -0.15) is 0 Å². The summed E-state index contributed by atoms with van der Waals surface area (Å²) in [6.07, 6.45) is 3.16. The number of amides is 4. The van der Waals surface area contributed by atoms with E-state index < -0.39 is 23.0 Å². The third kappa shape index (κ3) is 5.53. The van der Waals surface area contributed by atoms with Crippen molar-refractivity contribution in [1.29, 1.82) is 0 Å². The topological polar surface area (TPSA) is 99.8 Å². The van der Waals surface area contributed by atoms with Gasteiger partial charge in [0.15, 0.2) is 11.0 Å². The van der Waals surface area contributed by atoms with Crippen LogP contribution in [0.4, 0.5) is 9.59 Å². The highest BCUT2D eigenvalue weighted by molar-refractivity contribution is 7.83. The molecule has 0 radical (unpaired) electrons. The van der Waals surface area contributed by atoms with Gasteiger partial charge < -0.3 is 4.74 Å². The molecule has 0 aliphatic carbocycles. The van der Waals surface area contributed by atoms with E-state index in [1.54, 1.807) is 29.3 Å². The molecule has 1 aromatic carbocycles. The maximum Gasteiger partial charge on any atom is 0.337 e. The second-order valence-electron chi connectivity index (χ2n) is 4.99. The van der Waals surface area contributed by atoms with Gasteiger partial charge in [-0.15, -0.1) is 0 Å². The van der Waals surface area contributed by atoms with Crippen molar-refractivity contribution in [1.82, 2.24) is 20.5 Å². The zero-order chi connectivity index (χ0) is 16.7. The first-order chi connectivity index (χ1) is 11.1. The monoisotopic (exact) mass is 340 g/mol. The van der Waals surface area contributed by atoms with Gasteiger partial charge >= 0.3 is 12.1 Å². The standard InChI is InChI=1S/C14H20N4O4S/c1-22-11-5-7-12(8-6-11)23(21)17-14(20)15-13(19)16-18-9-3-2-4-10-18/h5-8H,2-4,9-10H2,1H3,(H3,15,16,17,19,20). The van der Waals surface area contributed by atoms with Gasteiger partial charge in [0.25, 0.3) is 0 Å². The van der Waals surface area contributed by atoms with Crippen molar-refractivity contribution in [3.63, 3.8) is 0 Å². The number of nitrogens with one attached hydrogen (secondary N) is 3. The molecule has 1 aliphatic rings. The number of imide groups is 1. The van der Waals surface area contributed by atoms with Crippen LogP contribution in [0.15, 0.2) is 29.2 Å². The molecule has 4 amide bonds. The first-order valence-electron chi connectivity index (χ1n) is 7.27. The Morgan fingerprint density at radius 3 is 2.35 bits per heavy atom. The van der Waals surface area contributed by atoms with Gasteiger partial charge in [-0.3, -0.25) is 15.5 Å². The zero-order valence-corrected chi connectivity index (χ0v) is 13.6. The summed E-state index contributed by atoms with van der Waals surface area (Å²) in [5.41, 5.74) is 2.58. The first-order valence-corrected chi connectivity index (χ1v) is 8.42. The van der Waals surface area contributed by atoms with Crippen LogP contribution in [0.3, 0.4) is 0 Å². The molecule has 0 spiro atoms. The third-order valence-corrected chi connectivity index (χ3v) is 4.37. The van der Waals surface area contributed by atoms with E-state index >= 15 is 0 Å². The van der Waals surface area contributed by atoms with Crippen molar-refractivity contribution >= 4 is 23.0 Å². The summed E-state index contributed by atoms with van der Waals surface area (Å²) < 4.78 is 19.2. The molecular weight excluding hydrogens is 320 g/mol. The maximum absolute atomic E-state index is 12.0. The Bertz CT molecular complexity index is 573. The van der Waals surface area contributed by atoms with E-state index in [1.807, 2.05) is 0 Å². The van der Waals surface area contributed by atoms with E-state index in [-0.39, 0.29) is 0 Å². The number of hydrogen-bond donors (Lipinski definition) is 3. The van der Waals surface area contributed by atoms with E-state index in [9.17, 15) is 13.8 Å². The molecule has 0 aromatic heterocycles. The van der Waals surface area contributed by atoms with Crippen molar-refractivity contribution in [2.45, 2.75) is 24.2 Å². The van der Waals surface area contributed by atoms with Crippen LogP contribution in [-0.2, 0) is 11.0 Å². The molecule has 1 heterocycles. The lowest BCUT2D eigenvalue weighted by Crippen LogP contribution is -2.52. The fourth-order valence-electron chi connectivity index (χ4n) is 2.15. The van der Waals surface area contributed by atoms with Crippen molar-refractivity contribution in [2.24, 2.45) is 0 Å². The van der Waals surface area contributed by atoms with Gasteiger partial charge in [0.1, 0.15) is 5.75 Å². The third-order valence-electron chi connectivity index (χ3n) is 3.30. The fraction of sp³-hybridized carbons (Fsp3) is 0.429. The normalized spacial score (nSPS) is 16.2. The summed E-state index contributed by atoms with van der Waals surface area (Å²) in [4.78, 5) is 23.8. The smallest absolute Gasteiger partial charge is 0.337 e. The largest absolute Gasteiger partial charge is 0.497 e. The quantitative estimate of drug-likeness (QED) is 0.763. The molecule has 23 heavy (non-hydrogen) atoms. The summed E-state index contributed by atoms with van der Waals surface area (Å²) in [7, 11) is -0.232. The molecule has 8 nitrogen and oxygen atoms in total. The molecule has 1 atom stereocenters. The minimum atomic E-state index is -1.76. The van der Waals surface area contributed by atoms with Crippen molar-refractivity contribution in [3.8, 4) is 5.75 Å². The molecular formula is C14H20N4O4S. The molecule has 1 saturated heterocycles. The Kier molecular flexibility index (Phi) is 6.36. The number of hydrazine groups is 1. The zero-order valence-electron chi connectivity index (χ0n) is 12.8. The highest BCUT2D eigenvalue weighted by atomic mass is 32.2.